The third-order valence-electron chi connectivity index (χ3n) is 2.31. The van der Waals surface area contributed by atoms with E-state index in [-0.39, 0.29) is 0 Å². The van der Waals surface area contributed by atoms with E-state index in [0.717, 1.165) is 24.5 Å². The molecule has 0 aliphatic rings. The van der Waals surface area contributed by atoms with Crippen molar-refractivity contribution in [2.45, 2.75) is 33.6 Å². The topological polar surface area (TPSA) is 47.0 Å². The van der Waals surface area contributed by atoms with Crippen LogP contribution in [0.1, 0.15) is 32.3 Å². The van der Waals surface area contributed by atoms with Gasteiger partial charge >= 0.3 is 0 Å². The van der Waals surface area contributed by atoms with Gasteiger partial charge in [0.25, 0.3) is 0 Å². The Morgan fingerprint density at radius 3 is 2.81 bits per heavy atom. The summed E-state index contributed by atoms with van der Waals surface area (Å²) >= 11 is 0. The molecule has 0 aliphatic carbocycles. The van der Waals surface area contributed by atoms with Crippen LogP contribution >= 0.6 is 0 Å². The summed E-state index contributed by atoms with van der Waals surface area (Å²) in [6.45, 7) is 7.11. The first-order valence-electron chi connectivity index (χ1n) is 5.77. The highest BCUT2D eigenvalue weighted by molar-refractivity contribution is 5.31. The SMILES string of the molecule is CNc1ncc(C)c(OCCCC(C)C)n1. The minimum Gasteiger partial charge on any atom is -0.477 e. The second-order valence-corrected chi connectivity index (χ2v) is 4.32. The number of aryl methyl sites for hydroxylation is 1. The fourth-order valence-electron chi connectivity index (χ4n) is 1.35. The summed E-state index contributed by atoms with van der Waals surface area (Å²) < 4.78 is 5.64. The highest BCUT2D eigenvalue weighted by atomic mass is 16.5. The molecule has 1 aromatic rings. The van der Waals surface area contributed by atoms with E-state index in [4.69, 9.17) is 4.74 Å². The van der Waals surface area contributed by atoms with Crippen molar-refractivity contribution in [2.24, 2.45) is 5.92 Å². The molecule has 90 valence electrons. The van der Waals surface area contributed by atoms with Gasteiger partial charge in [0.15, 0.2) is 0 Å². The predicted octanol–water partition coefficient (Wildman–Crippen LogP) is 2.64. The quantitative estimate of drug-likeness (QED) is 0.753. The Hall–Kier alpha value is -1.32. The van der Waals surface area contributed by atoms with Crippen LogP contribution in [0.4, 0.5) is 5.95 Å². The van der Waals surface area contributed by atoms with Crippen LogP contribution in [0.15, 0.2) is 6.20 Å². The minimum atomic E-state index is 0.601. The summed E-state index contributed by atoms with van der Waals surface area (Å²) in [5, 5.41) is 2.90. The van der Waals surface area contributed by atoms with Crippen LogP contribution < -0.4 is 10.1 Å². The number of ether oxygens (including phenoxy) is 1. The Labute approximate surface area is 97.5 Å². The van der Waals surface area contributed by atoms with E-state index in [1.165, 1.54) is 6.42 Å². The molecule has 4 heteroatoms. The lowest BCUT2D eigenvalue weighted by atomic mass is 10.1. The summed E-state index contributed by atoms with van der Waals surface area (Å²) in [4.78, 5) is 8.37. The average Bonchev–Trinajstić information content (AvgIpc) is 2.26. The van der Waals surface area contributed by atoms with Crippen LogP contribution in [-0.2, 0) is 0 Å². The molecule has 0 spiro atoms. The summed E-state index contributed by atoms with van der Waals surface area (Å²) in [5.41, 5.74) is 0.976. The van der Waals surface area contributed by atoms with Crippen LogP contribution in [0.2, 0.25) is 0 Å². The van der Waals surface area contributed by atoms with Crippen LogP contribution in [0, 0.1) is 12.8 Å². The summed E-state index contributed by atoms with van der Waals surface area (Å²) in [7, 11) is 1.80. The fraction of sp³-hybridized carbons (Fsp3) is 0.667. The van der Waals surface area contributed by atoms with E-state index >= 15 is 0 Å². The van der Waals surface area contributed by atoms with Crippen molar-refractivity contribution in [2.75, 3.05) is 19.0 Å². The maximum Gasteiger partial charge on any atom is 0.225 e. The number of aromatic nitrogens is 2. The molecule has 0 bridgehead atoms. The van der Waals surface area contributed by atoms with Gasteiger partial charge in [-0.25, -0.2) is 4.98 Å². The number of nitrogens with zero attached hydrogens (tertiary/aromatic N) is 2. The van der Waals surface area contributed by atoms with Gasteiger partial charge in [-0.15, -0.1) is 0 Å². The molecule has 0 amide bonds. The third kappa shape index (κ3) is 4.04. The Kier molecular flexibility index (Phi) is 5.02. The Morgan fingerprint density at radius 1 is 1.44 bits per heavy atom. The van der Waals surface area contributed by atoms with Gasteiger partial charge < -0.3 is 10.1 Å². The van der Waals surface area contributed by atoms with Gasteiger partial charge in [-0.05, 0) is 25.7 Å². The number of anilines is 1. The van der Waals surface area contributed by atoms with Crippen molar-refractivity contribution < 1.29 is 4.74 Å². The smallest absolute Gasteiger partial charge is 0.225 e. The van der Waals surface area contributed by atoms with Gasteiger partial charge in [0, 0.05) is 18.8 Å². The largest absolute Gasteiger partial charge is 0.477 e. The lowest BCUT2D eigenvalue weighted by Gasteiger charge is -2.09. The van der Waals surface area contributed by atoms with E-state index in [0.29, 0.717) is 11.8 Å². The lowest BCUT2D eigenvalue weighted by Crippen LogP contribution is -2.05. The number of hydrogen-bond acceptors (Lipinski definition) is 4. The maximum absolute atomic E-state index is 5.64. The molecular weight excluding hydrogens is 202 g/mol. The van der Waals surface area contributed by atoms with Crippen LogP contribution in [0.3, 0.4) is 0 Å². The van der Waals surface area contributed by atoms with Gasteiger partial charge in [0.2, 0.25) is 11.8 Å². The number of hydrogen-bond donors (Lipinski definition) is 1. The van der Waals surface area contributed by atoms with Gasteiger partial charge in [-0.1, -0.05) is 13.8 Å². The molecule has 1 rings (SSSR count). The normalized spacial score (nSPS) is 10.6. The van der Waals surface area contributed by atoms with Crippen molar-refractivity contribution in [1.29, 1.82) is 0 Å². The van der Waals surface area contributed by atoms with Crippen molar-refractivity contribution >= 4 is 5.95 Å². The predicted molar refractivity (Wildman–Crippen MR) is 65.9 cm³/mol. The molecular formula is C12H21N3O. The van der Waals surface area contributed by atoms with Crippen LogP contribution in [0.25, 0.3) is 0 Å². The van der Waals surface area contributed by atoms with E-state index in [2.05, 4.69) is 29.1 Å². The standard InChI is InChI=1S/C12H21N3O/c1-9(2)6-5-7-16-11-10(3)8-14-12(13-4)15-11/h8-9H,5-7H2,1-4H3,(H,13,14,15). The molecule has 16 heavy (non-hydrogen) atoms. The zero-order chi connectivity index (χ0) is 12.0. The first-order valence-corrected chi connectivity index (χ1v) is 5.77. The average molecular weight is 223 g/mol. The van der Waals surface area contributed by atoms with Gasteiger partial charge in [0.1, 0.15) is 0 Å². The molecule has 1 aromatic heterocycles. The Bertz CT molecular complexity index is 326. The molecule has 1 heterocycles. The van der Waals surface area contributed by atoms with Crippen molar-refractivity contribution in [3.05, 3.63) is 11.8 Å². The molecule has 0 unspecified atom stereocenters. The molecule has 4 nitrogen and oxygen atoms in total. The summed E-state index contributed by atoms with van der Waals surface area (Å²) in [5.74, 6) is 2.01. The molecule has 0 saturated carbocycles. The van der Waals surface area contributed by atoms with Crippen molar-refractivity contribution in [3.63, 3.8) is 0 Å². The highest BCUT2D eigenvalue weighted by Gasteiger charge is 2.04. The van der Waals surface area contributed by atoms with Gasteiger partial charge in [-0.3, -0.25) is 0 Å². The van der Waals surface area contributed by atoms with Gasteiger partial charge in [-0.2, -0.15) is 4.98 Å². The maximum atomic E-state index is 5.64. The molecule has 0 radical (unpaired) electrons. The summed E-state index contributed by atoms with van der Waals surface area (Å²) in [6, 6.07) is 0. The second kappa shape index (κ2) is 6.30. The fourth-order valence-corrected chi connectivity index (χ4v) is 1.35. The first-order chi connectivity index (χ1) is 7.63. The lowest BCUT2D eigenvalue weighted by molar-refractivity contribution is 0.285. The molecule has 0 aliphatic heterocycles. The third-order valence-corrected chi connectivity index (χ3v) is 2.31. The molecule has 0 saturated heterocycles. The van der Waals surface area contributed by atoms with E-state index in [1.54, 1.807) is 13.2 Å². The molecule has 0 fully saturated rings. The second-order valence-electron chi connectivity index (χ2n) is 4.32. The molecule has 1 N–H and O–H groups in total. The monoisotopic (exact) mass is 223 g/mol. The Balaban J connectivity index is 2.46. The Morgan fingerprint density at radius 2 is 2.19 bits per heavy atom. The summed E-state index contributed by atoms with van der Waals surface area (Å²) in [6.07, 6.45) is 4.02. The molecule has 0 atom stereocenters. The first kappa shape index (κ1) is 12.7. The van der Waals surface area contributed by atoms with Crippen LogP contribution in [-0.4, -0.2) is 23.6 Å². The van der Waals surface area contributed by atoms with Crippen LogP contribution in [0.5, 0.6) is 5.88 Å². The zero-order valence-corrected chi connectivity index (χ0v) is 10.6. The zero-order valence-electron chi connectivity index (χ0n) is 10.6. The van der Waals surface area contributed by atoms with Gasteiger partial charge in [0.05, 0.1) is 6.61 Å². The van der Waals surface area contributed by atoms with E-state index in [9.17, 15) is 0 Å². The minimum absolute atomic E-state index is 0.601. The molecule has 0 aromatic carbocycles. The van der Waals surface area contributed by atoms with E-state index in [1.807, 2.05) is 6.92 Å². The van der Waals surface area contributed by atoms with E-state index < -0.39 is 0 Å². The van der Waals surface area contributed by atoms with Crippen molar-refractivity contribution in [1.82, 2.24) is 9.97 Å². The number of rotatable bonds is 6. The number of nitrogens with one attached hydrogen (secondary N) is 1. The highest BCUT2D eigenvalue weighted by Crippen LogP contribution is 2.15. The van der Waals surface area contributed by atoms with Crippen molar-refractivity contribution in [3.8, 4) is 5.88 Å².